The minimum atomic E-state index is 0.249. The summed E-state index contributed by atoms with van der Waals surface area (Å²) in [6.07, 6.45) is 0. The van der Waals surface area contributed by atoms with Gasteiger partial charge in [-0.1, -0.05) is 12.1 Å². The topological polar surface area (TPSA) is 38.8 Å². The van der Waals surface area contributed by atoms with Crippen molar-refractivity contribution >= 4 is 12.2 Å². The second-order valence-electron chi connectivity index (χ2n) is 3.09. The Labute approximate surface area is 89.4 Å². The molecule has 0 aromatic heterocycles. The highest BCUT2D eigenvalue weighted by atomic mass is 16.5. The highest BCUT2D eigenvalue weighted by Gasteiger charge is 2.04. The van der Waals surface area contributed by atoms with E-state index in [-0.39, 0.29) is 6.61 Å². The van der Waals surface area contributed by atoms with E-state index in [0.717, 1.165) is 5.69 Å². The molecule has 0 unspecified atom stereocenters. The second kappa shape index (κ2) is 5.90. The van der Waals surface area contributed by atoms with E-state index in [0.29, 0.717) is 18.8 Å². The Morgan fingerprint density at radius 1 is 1.47 bits per heavy atom. The molecule has 0 aliphatic carbocycles. The average molecular weight is 208 g/mol. The van der Waals surface area contributed by atoms with Gasteiger partial charge in [0.2, 0.25) is 0 Å². The number of para-hydroxylation sites is 1. The van der Waals surface area contributed by atoms with Gasteiger partial charge in [-0.15, -0.1) is 0 Å². The molecule has 1 radical (unpaired) electrons. The zero-order chi connectivity index (χ0) is 11.1. The molecule has 0 aliphatic rings. The van der Waals surface area contributed by atoms with Crippen LogP contribution in [0.3, 0.4) is 0 Å². The van der Waals surface area contributed by atoms with Crippen molar-refractivity contribution in [2.45, 2.75) is 0 Å². The maximum Gasteiger partial charge on any atom is 0.293 e. The first-order valence-electron chi connectivity index (χ1n) is 4.61. The van der Waals surface area contributed by atoms with E-state index in [9.17, 15) is 4.79 Å². The number of benzene rings is 1. The highest BCUT2D eigenvalue weighted by molar-refractivity contribution is 5.56. The van der Waals surface area contributed by atoms with Gasteiger partial charge in [0.15, 0.2) is 5.75 Å². The minimum absolute atomic E-state index is 0.249. The first kappa shape index (κ1) is 11.4. The number of hydrogen-bond donors (Lipinski definition) is 0. The summed E-state index contributed by atoms with van der Waals surface area (Å²) >= 11 is 0. The lowest BCUT2D eigenvalue weighted by molar-refractivity contribution is -0.129. The van der Waals surface area contributed by atoms with Crippen LogP contribution in [-0.2, 0) is 9.53 Å². The van der Waals surface area contributed by atoms with Crippen LogP contribution in [-0.4, -0.2) is 33.8 Å². The molecule has 0 aliphatic heterocycles. The summed E-state index contributed by atoms with van der Waals surface area (Å²) in [5.41, 5.74) is 0.948. The van der Waals surface area contributed by atoms with Crippen molar-refractivity contribution in [3.8, 4) is 5.75 Å². The zero-order valence-electron chi connectivity index (χ0n) is 8.90. The number of carbonyl (C=O) groups excluding carboxylic acids is 1. The summed E-state index contributed by atoms with van der Waals surface area (Å²) in [5.74, 6) is 0.664. The Bertz CT molecular complexity index is 312. The predicted octanol–water partition coefficient (Wildman–Crippen LogP) is 1.10. The van der Waals surface area contributed by atoms with Crippen LogP contribution < -0.4 is 9.64 Å². The van der Waals surface area contributed by atoms with Gasteiger partial charge >= 0.3 is 0 Å². The first-order chi connectivity index (χ1) is 7.25. The lowest BCUT2D eigenvalue weighted by Gasteiger charge is -2.16. The fourth-order valence-corrected chi connectivity index (χ4v) is 1.12. The molecule has 0 spiro atoms. The van der Waals surface area contributed by atoms with Crippen LogP contribution in [0.2, 0.25) is 0 Å². The van der Waals surface area contributed by atoms with Crippen molar-refractivity contribution in [3.05, 3.63) is 24.3 Å². The third-order valence-electron chi connectivity index (χ3n) is 1.79. The molecule has 1 rings (SSSR count). The van der Waals surface area contributed by atoms with Crippen LogP contribution in [0.4, 0.5) is 5.69 Å². The molecule has 4 nitrogen and oxygen atoms in total. The fourth-order valence-electron chi connectivity index (χ4n) is 1.12. The number of anilines is 1. The molecule has 0 heterocycles. The maximum atomic E-state index is 9.90. The summed E-state index contributed by atoms with van der Waals surface area (Å²) in [4.78, 5) is 11.8. The van der Waals surface area contributed by atoms with Gasteiger partial charge in [-0.3, -0.25) is 4.79 Å². The lowest BCUT2D eigenvalue weighted by Crippen LogP contribution is -2.12. The number of carbonyl (C=O) groups is 1. The molecule has 15 heavy (non-hydrogen) atoms. The van der Waals surface area contributed by atoms with E-state index in [1.54, 1.807) is 6.07 Å². The first-order valence-corrected chi connectivity index (χ1v) is 4.61. The van der Waals surface area contributed by atoms with Gasteiger partial charge in [0.05, 0.1) is 5.69 Å². The summed E-state index contributed by atoms with van der Waals surface area (Å²) in [6, 6.07) is 8.60. The van der Waals surface area contributed by atoms with Gasteiger partial charge < -0.3 is 14.4 Å². The minimum Gasteiger partial charge on any atom is -0.487 e. The van der Waals surface area contributed by atoms with Crippen molar-refractivity contribution in [1.82, 2.24) is 0 Å². The molecular weight excluding hydrogens is 194 g/mol. The largest absolute Gasteiger partial charge is 0.487 e. The molecule has 1 aromatic carbocycles. The number of rotatable bonds is 6. The summed E-state index contributed by atoms with van der Waals surface area (Å²) in [6.45, 7) is 0.990. The van der Waals surface area contributed by atoms with E-state index in [1.165, 1.54) is 0 Å². The van der Waals surface area contributed by atoms with Crippen molar-refractivity contribution < 1.29 is 14.3 Å². The highest BCUT2D eigenvalue weighted by Crippen LogP contribution is 2.25. The Morgan fingerprint density at radius 3 is 2.93 bits per heavy atom. The second-order valence-corrected chi connectivity index (χ2v) is 3.09. The van der Waals surface area contributed by atoms with Crippen molar-refractivity contribution in [2.75, 3.05) is 32.2 Å². The Hall–Kier alpha value is -1.71. The third-order valence-corrected chi connectivity index (χ3v) is 1.79. The number of hydrogen-bond acceptors (Lipinski definition) is 4. The Morgan fingerprint density at radius 2 is 2.27 bits per heavy atom. The molecule has 1 aromatic rings. The normalized spacial score (nSPS) is 9.47. The van der Waals surface area contributed by atoms with Crippen LogP contribution in [0, 0.1) is 6.07 Å². The van der Waals surface area contributed by atoms with E-state index in [4.69, 9.17) is 4.74 Å². The SMILES string of the molecule is CN(C)c1ccc[c]c1OCCOC=O. The van der Waals surface area contributed by atoms with Crippen LogP contribution in [0.25, 0.3) is 0 Å². The predicted molar refractivity (Wildman–Crippen MR) is 57.1 cm³/mol. The standard InChI is InChI=1S/C11H14NO3/c1-12(2)10-5-3-4-6-11(10)15-8-7-14-9-13/h3-5,9H,7-8H2,1-2H3. The molecule has 81 valence electrons. The van der Waals surface area contributed by atoms with Gasteiger partial charge in [-0.2, -0.15) is 0 Å². The maximum absolute atomic E-state index is 9.90. The van der Waals surface area contributed by atoms with Gasteiger partial charge in [0.25, 0.3) is 6.47 Å². The third kappa shape index (κ3) is 3.50. The number of ether oxygens (including phenoxy) is 2. The molecular formula is C11H14NO3. The van der Waals surface area contributed by atoms with E-state index in [2.05, 4.69) is 10.8 Å². The van der Waals surface area contributed by atoms with Gasteiger partial charge in [0.1, 0.15) is 13.2 Å². The number of nitrogens with zero attached hydrogens (tertiary/aromatic N) is 1. The summed E-state index contributed by atoms with van der Waals surface area (Å²) in [5, 5.41) is 0. The fraction of sp³-hybridized carbons (Fsp3) is 0.364. The smallest absolute Gasteiger partial charge is 0.293 e. The molecule has 0 bridgehead atoms. The van der Waals surface area contributed by atoms with Crippen LogP contribution in [0.1, 0.15) is 0 Å². The Kier molecular flexibility index (Phi) is 4.47. The molecule has 0 saturated heterocycles. The zero-order valence-corrected chi connectivity index (χ0v) is 8.90. The van der Waals surface area contributed by atoms with Gasteiger partial charge in [-0.25, -0.2) is 0 Å². The average Bonchev–Trinajstić information content (AvgIpc) is 2.25. The summed E-state index contributed by atoms with van der Waals surface area (Å²) in [7, 11) is 3.86. The molecule has 0 atom stereocenters. The van der Waals surface area contributed by atoms with Crippen molar-refractivity contribution in [3.63, 3.8) is 0 Å². The van der Waals surface area contributed by atoms with Crippen molar-refractivity contribution in [2.24, 2.45) is 0 Å². The molecule has 4 heteroatoms. The van der Waals surface area contributed by atoms with Gasteiger partial charge in [0, 0.05) is 20.2 Å². The lowest BCUT2D eigenvalue weighted by atomic mass is 10.3. The van der Waals surface area contributed by atoms with E-state index in [1.807, 2.05) is 31.1 Å². The van der Waals surface area contributed by atoms with Crippen LogP contribution in [0.5, 0.6) is 5.75 Å². The summed E-state index contributed by atoms with van der Waals surface area (Å²) < 4.78 is 9.94. The van der Waals surface area contributed by atoms with Gasteiger partial charge in [-0.05, 0) is 6.07 Å². The van der Waals surface area contributed by atoms with E-state index < -0.39 is 0 Å². The van der Waals surface area contributed by atoms with Crippen LogP contribution in [0.15, 0.2) is 18.2 Å². The molecule has 0 N–H and O–H groups in total. The molecule has 0 fully saturated rings. The molecule has 0 saturated carbocycles. The monoisotopic (exact) mass is 208 g/mol. The van der Waals surface area contributed by atoms with Crippen molar-refractivity contribution in [1.29, 1.82) is 0 Å². The quantitative estimate of drug-likeness (QED) is 0.518. The Balaban J connectivity index is 2.55. The molecule has 0 amide bonds. The van der Waals surface area contributed by atoms with E-state index >= 15 is 0 Å². The van der Waals surface area contributed by atoms with Crippen LogP contribution >= 0.6 is 0 Å².